The van der Waals surface area contributed by atoms with E-state index < -0.39 is 0 Å². The van der Waals surface area contributed by atoms with Crippen molar-refractivity contribution in [2.45, 2.75) is 19.5 Å². The molecule has 6 rings (SSSR count). The number of fused-ring (bicyclic) bond motifs is 1. The largest absolute Gasteiger partial charge is 0.299 e. The molecule has 8 heteroatoms. The van der Waals surface area contributed by atoms with Crippen LogP contribution in [0.15, 0.2) is 95.8 Å². The van der Waals surface area contributed by atoms with E-state index in [-0.39, 0.29) is 23.2 Å². The fourth-order valence-corrected chi connectivity index (χ4v) is 5.64. The van der Waals surface area contributed by atoms with Crippen molar-refractivity contribution < 1.29 is 8.78 Å². The fourth-order valence-electron chi connectivity index (χ4n) is 5.64. The smallest absolute Gasteiger partial charge is 0.280 e. The van der Waals surface area contributed by atoms with Crippen molar-refractivity contribution in [3.63, 3.8) is 0 Å². The summed E-state index contributed by atoms with van der Waals surface area (Å²) in [7, 11) is 0. The van der Waals surface area contributed by atoms with Crippen LogP contribution in [-0.4, -0.2) is 56.9 Å². The van der Waals surface area contributed by atoms with Gasteiger partial charge in [0.05, 0.1) is 23.7 Å². The molecule has 0 unspecified atom stereocenters. The maximum absolute atomic E-state index is 13.7. The molecule has 1 aliphatic rings. The van der Waals surface area contributed by atoms with Gasteiger partial charge in [-0.05, 0) is 66.6 Å². The lowest BCUT2D eigenvalue weighted by Gasteiger charge is -2.40. The first-order chi connectivity index (χ1) is 19.5. The van der Waals surface area contributed by atoms with Gasteiger partial charge in [-0.2, -0.15) is 0 Å². The van der Waals surface area contributed by atoms with Crippen LogP contribution in [0.4, 0.5) is 8.78 Å². The Balaban J connectivity index is 1.22. The van der Waals surface area contributed by atoms with Crippen LogP contribution < -0.4 is 5.56 Å². The van der Waals surface area contributed by atoms with Crippen molar-refractivity contribution in [1.29, 1.82) is 0 Å². The summed E-state index contributed by atoms with van der Waals surface area (Å²) in [4.78, 5) is 22.9. The van der Waals surface area contributed by atoms with Gasteiger partial charge in [-0.3, -0.25) is 19.3 Å². The van der Waals surface area contributed by atoms with Gasteiger partial charge >= 0.3 is 0 Å². The van der Waals surface area contributed by atoms with E-state index >= 15 is 0 Å². The molecule has 0 bridgehead atoms. The summed E-state index contributed by atoms with van der Waals surface area (Å²) in [6, 6.07) is 26.5. The minimum atomic E-state index is -0.275. The summed E-state index contributed by atoms with van der Waals surface area (Å²) >= 11 is 0. The lowest BCUT2D eigenvalue weighted by molar-refractivity contribution is 0.106. The average molecular weight is 540 g/mol. The van der Waals surface area contributed by atoms with Gasteiger partial charge < -0.3 is 0 Å². The summed E-state index contributed by atoms with van der Waals surface area (Å²) in [5.41, 5.74) is 4.27. The molecule has 3 aromatic carbocycles. The second-order valence-corrected chi connectivity index (χ2v) is 10.3. The molecule has 204 valence electrons. The third-order valence-electron chi connectivity index (χ3n) is 7.70. The van der Waals surface area contributed by atoms with Crippen molar-refractivity contribution in [3.8, 4) is 5.69 Å². The van der Waals surface area contributed by atoms with E-state index in [1.165, 1.54) is 24.3 Å². The Hall–Kier alpha value is -4.14. The van der Waals surface area contributed by atoms with Gasteiger partial charge in [-0.25, -0.2) is 18.4 Å². The minimum absolute atomic E-state index is 0.0695. The first kappa shape index (κ1) is 26.1. The molecule has 0 aliphatic carbocycles. The Morgan fingerprint density at radius 3 is 1.95 bits per heavy atom. The average Bonchev–Trinajstić information content (AvgIpc) is 3.25. The molecular weight excluding hydrogens is 508 g/mol. The van der Waals surface area contributed by atoms with Crippen LogP contribution in [0.2, 0.25) is 0 Å². The van der Waals surface area contributed by atoms with E-state index in [9.17, 15) is 13.6 Å². The predicted molar refractivity (Wildman–Crippen MR) is 153 cm³/mol. The molecule has 0 radical (unpaired) electrons. The molecule has 2 aromatic heterocycles. The normalized spacial score (nSPS) is 14.8. The van der Waals surface area contributed by atoms with Gasteiger partial charge in [0.2, 0.25) is 0 Å². The second-order valence-electron chi connectivity index (χ2n) is 10.3. The first-order valence-electron chi connectivity index (χ1n) is 13.6. The van der Waals surface area contributed by atoms with Crippen LogP contribution in [0.1, 0.15) is 22.9 Å². The van der Waals surface area contributed by atoms with Crippen LogP contribution in [0.25, 0.3) is 16.7 Å². The zero-order chi connectivity index (χ0) is 27.6. The van der Waals surface area contributed by atoms with Crippen molar-refractivity contribution in [1.82, 2.24) is 24.1 Å². The number of halogens is 2. The monoisotopic (exact) mass is 539 g/mol. The highest BCUT2D eigenvalue weighted by molar-refractivity contribution is 5.75. The van der Waals surface area contributed by atoms with E-state index in [4.69, 9.17) is 4.98 Å². The molecule has 40 heavy (non-hydrogen) atoms. The Morgan fingerprint density at radius 2 is 1.35 bits per heavy atom. The van der Waals surface area contributed by atoms with Crippen molar-refractivity contribution in [2.24, 2.45) is 0 Å². The van der Waals surface area contributed by atoms with Gasteiger partial charge in [-0.15, -0.1) is 0 Å². The summed E-state index contributed by atoms with van der Waals surface area (Å²) in [5.74, 6) is -0.551. The van der Waals surface area contributed by atoms with Gasteiger partial charge in [0.15, 0.2) is 5.65 Å². The topological polar surface area (TPSA) is 46.3 Å². The number of aromatic nitrogens is 3. The van der Waals surface area contributed by atoms with Gasteiger partial charge in [0.1, 0.15) is 11.6 Å². The highest BCUT2D eigenvalue weighted by Gasteiger charge is 2.27. The molecule has 6 nitrogen and oxygen atoms in total. The molecule has 1 fully saturated rings. The van der Waals surface area contributed by atoms with Crippen LogP contribution in [0.3, 0.4) is 0 Å². The minimum Gasteiger partial charge on any atom is -0.299 e. The highest BCUT2D eigenvalue weighted by Crippen LogP contribution is 2.30. The second kappa shape index (κ2) is 11.2. The number of aryl methyl sites for hydroxylation is 1. The van der Waals surface area contributed by atoms with E-state index in [1.54, 1.807) is 4.68 Å². The third kappa shape index (κ3) is 5.20. The molecule has 1 saturated heterocycles. The maximum Gasteiger partial charge on any atom is 0.280 e. The van der Waals surface area contributed by atoms with E-state index in [1.807, 2.05) is 78.3 Å². The summed E-state index contributed by atoms with van der Waals surface area (Å²) in [5, 5.41) is 0.612. The third-order valence-corrected chi connectivity index (χ3v) is 7.70. The molecule has 5 aromatic rings. The number of nitrogens with zero attached hydrogens (tertiary/aromatic N) is 5. The number of piperazine rings is 1. The Kier molecular flexibility index (Phi) is 7.28. The molecule has 0 N–H and O–H groups in total. The van der Waals surface area contributed by atoms with E-state index in [0.29, 0.717) is 17.6 Å². The van der Waals surface area contributed by atoms with Crippen LogP contribution in [-0.2, 0) is 6.54 Å². The number of para-hydroxylation sites is 1. The Bertz CT molecular complexity index is 1610. The summed E-state index contributed by atoms with van der Waals surface area (Å²) in [6.45, 7) is 6.58. The first-order valence-corrected chi connectivity index (χ1v) is 13.6. The number of hydrogen-bond donors (Lipinski definition) is 0. The lowest BCUT2D eigenvalue weighted by Crippen LogP contribution is -2.48. The standard InChI is InChI=1S/C32H31F2N5O/c1-23-7-16-29-31(35-23)38(39(32(29)40)28-5-3-2-4-6-28)22-19-36-17-20-37(21-18-36)30(24-8-12-26(33)13-9-24)25-10-14-27(34)15-11-25/h2-16,30H,17-22H2,1H3. The molecule has 0 amide bonds. The number of hydrogen-bond acceptors (Lipinski definition) is 4. The maximum atomic E-state index is 13.7. The number of pyridine rings is 1. The van der Waals surface area contributed by atoms with Crippen LogP contribution >= 0.6 is 0 Å². The highest BCUT2D eigenvalue weighted by atomic mass is 19.1. The SMILES string of the molecule is Cc1ccc2c(=O)n(-c3ccccc3)n(CCN3CCN(C(c4ccc(F)cc4)c4ccc(F)cc4)CC3)c2n1. The zero-order valence-electron chi connectivity index (χ0n) is 22.4. The lowest BCUT2D eigenvalue weighted by atomic mass is 9.96. The van der Waals surface area contributed by atoms with E-state index in [2.05, 4.69) is 9.80 Å². The molecule has 0 atom stereocenters. The molecular formula is C32H31F2N5O. The van der Waals surface area contributed by atoms with Crippen LogP contribution in [0.5, 0.6) is 0 Å². The quantitative estimate of drug-likeness (QED) is 0.286. The van der Waals surface area contributed by atoms with Crippen molar-refractivity contribution in [3.05, 3.63) is 130 Å². The molecule has 0 spiro atoms. The summed E-state index contributed by atoms with van der Waals surface area (Å²) < 4.78 is 31.1. The van der Waals surface area contributed by atoms with Gasteiger partial charge in [0.25, 0.3) is 5.56 Å². The fraction of sp³-hybridized carbons (Fsp3) is 0.250. The molecule has 1 aliphatic heterocycles. The van der Waals surface area contributed by atoms with Crippen molar-refractivity contribution >= 4 is 11.0 Å². The van der Waals surface area contributed by atoms with Crippen LogP contribution in [0, 0.1) is 18.6 Å². The summed E-state index contributed by atoms with van der Waals surface area (Å²) in [6.07, 6.45) is 0. The number of rotatable bonds is 7. The Morgan fingerprint density at radius 1 is 0.750 bits per heavy atom. The Labute approximate surface area is 231 Å². The van der Waals surface area contributed by atoms with E-state index in [0.717, 1.165) is 55.2 Å². The molecule has 0 saturated carbocycles. The van der Waals surface area contributed by atoms with Gasteiger partial charge in [0, 0.05) is 38.4 Å². The number of benzene rings is 3. The zero-order valence-corrected chi connectivity index (χ0v) is 22.4. The molecule has 3 heterocycles. The predicted octanol–water partition coefficient (Wildman–Crippen LogP) is 5.18. The van der Waals surface area contributed by atoms with Gasteiger partial charge in [-0.1, -0.05) is 42.5 Å². The van der Waals surface area contributed by atoms with Crippen molar-refractivity contribution in [2.75, 3.05) is 32.7 Å².